The minimum absolute atomic E-state index is 0.0252. The van der Waals surface area contributed by atoms with E-state index in [-0.39, 0.29) is 11.8 Å². The van der Waals surface area contributed by atoms with Crippen LogP contribution < -0.4 is 5.32 Å². The standard InChI is InChI=1S/C25H26N6O/c1-2-3-4-5-6-9-14-26-25(32)20-11-8-7-10-18(15-20)23-21-16-19(24-27-17-28-31-24)12-13-22(21)29-30-23/h2-8,12-13,15-18H,1,9-11,14H2,(H,26,32)(H,29,30)(H,27,28,31)/b4-3-,6-5-. The summed E-state index contributed by atoms with van der Waals surface area (Å²) in [6.07, 6.45) is 19.4. The van der Waals surface area contributed by atoms with E-state index in [4.69, 9.17) is 0 Å². The first-order valence-electron chi connectivity index (χ1n) is 10.7. The van der Waals surface area contributed by atoms with Crippen molar-refractivity contribution in [1.29, 1.82) is 0 Å². The first-order valence-corrected chi connectivity index (χ1v) is 10.7. The maximum absolute atomic E-state index is 12.8. The van der Waals surface area contributed by atoms with Gasteiger partial charge in [0.1, 0.15) is 6.33 Å². The number of nitrogens with one attached hydrogen (secondary N) is 3. The number of hydrogen-bond donors (Lipinski definition) is 3. The van der Waals surface area contributed by atoms with Gasteiger partial charge in [0.2, 0.25) is 5.91 Å². The molecule has 1 aromatic carbocycles. The molecule has 0 saturated heterocycles. The van der Waals surface area contributed by atoms with Crippen molar-refractivity contribution in [2.75, 3.05) is 6.54 Å². The molecule has 32 heavy (non-hydrogen) atoms. The summed E-state index contributed by atoms with van der Waals surface area (Å²) in [6, 6.07) is 6.00. The summed E-state index contributed by atoms with van der Waals surface area (Å²) in [5.41, 5.74) is 3.59. The first kappa shape index (κ1) is 21.2. The van der Waals surface area contributed by atoms with E-state index in [0.29, 0.717) is 18.8 Å². The van der Waals surface area contributed by atoms with Crippen molar-refractivity contribution >= 4 is 16.8 Å². The molecule has 7 nitrogen and oxygen atoms in total. The van der Waals surface area contributed by atoms with Gasteiger partial charge >= 0.3 is 0 Å². The molecule has 3 N–H and O–H groups in total. The van der Waals surface area contributed by atoms with Crippen LogP contribution in [0.2, 0.25) is 0 Å². The van der Waals surface area contributed by atoms with Crippen molar-refractivity contribution in [1.82, 2.24) is 30.7 Å². The van der Waals surface area contributed by atoms with Gasteiger partial charge in [0, 0.05) is 29.0 Å². The minimum Gasteiger partial charge on any atom is -0.352 e. The number of benzene rings is 1. The van der Waals surface area contributed by atoms with Gasteiger partial charge < -0.3 is 5.32 Å². The van der Waals surface area contributed by atoms with E-state index in [9.17, 15) is 4.79 Å². The van der Waals surface area contributed by atoms with Crippen LogP contribution in [0.4, 0.5) is 0 Å². The molecule has 0 fully saturated rings. The van der Waals surface area contributed by atoms with Gasteiger partial charge in [0.05, 0.1) is 11.2 Å². The highest BCUT2D eigenvalue weighted by atomic mass is 16.1. The van der Waals surface area contributed by atoms with Gasteiger partial charge in [-0.1, -0.05) is 55.2 Å². The molecule has 2 aromatic heterocycles. The quantitative estimate of drug-likeness (QED) is 0.280. The number of aromatic nitrogens is 5. The molecule has 4 rings (SSSR count). The number of rotatable bonds is 8. The Hall–Kier alpha value is -4.00. The van der Waals surface area contributed by atoms with Crippen LogP contribution in [0.1, 0.15) is 30.9 Å². The Bertz CT molecular complexity index is 1200. The van der Waals surface area contributed by atoms with Crippen LogP contribution in [0.3, 0.4) is 0 Å². The monoisotopic (exact) mass is 426 g/mol. The summed E-state index contributed by atoms with van der Waals surface area (Å²) in [5, 5.41) is 18.5. The number of fused-ring (bicyclic) bond motifs is 1. The summed E-state index contributed by atoms with van der Waals surface area (Å²) in [5.74, 6) is 0.723. The number of H-pyrrole nitrogens is 2. The lowest BCUT2D eigenvalue weighted by atomic mass is 9.95. The van der Waals surface area contributed by atoms with E-state index in [1.54, 1.807) is 6.08 Å². The summed E-state index contributed by atoms with van der Waals surface area (Å²) < 4.78 is 0. The highest BCUT2D eigenvalue weighted by Gasteiger charge is 2.20. The van der Waals surface area contributed by atoms with Crippen LogP contribution in [0, 0.1) is 0 Å². The number of hydrogen-bond acceptors (Lipinski definition) is 4. The molecule has 0 bridgehead atoms. The fourth-order valence-electron chi connectivity index (χ4n) is 3.71. The number of aromatic amines is 2. The molecule has 3 aromatic rings. The van der Waals surface area contributed by atoms with Gasteiger partial charge in [-0.05, 0) is 37.5 Å². The number of carbonyl (C=O) groups excluding carboxylic acids is 1. The van der Waals surface area contributed by atoms with Gasteiger partial charge in [0.25, 0.3) is 0 Å². The minimum atomic E-state index is -0.0252. The van der Waals surface area contributed by atoms with Crippen LogP contribution in [0.5, 0.6) is 0 Å². The van der Waals surface area contributed by atoms with E-state index < -0.39 is 0 Å². The zero-order valence-electron chi connectivity index (χ0n) is 17.8. The largest absolute Gasteiger partial charge is 0.352 e. The average molecular weight is 427 g/mol. The second kappa shape index (κ2) is 10.3. The zero-order chi connectivity index (χ0) is 22.2. The van der Waals surface area contributed by atoms with Crippen molar-refractivity contribution in [2.45, 2.75) is 25.2 Å². The maximum atomic E-state index is 12.8. The van der Waals surface area contributed by atoms with Crippen LogP contribution >= 0.6 is 0 Å². The molecule has 0 radical (unpaired) electrons. The highest BCUT2D eigenvalue weighted by Crippen LogP contribution is 2.32. The Kier molecular flexibility index (Phi) is 6.87. The van der Waals surface area contributed by atoms with Gasteiger partial charge in [-0.25, -0.2) is 4.98 Å². The van der Waals surface area contributed by atoms with Crippen molar-refractivity contribution in [2.24, 2.45) is 0 Å². The Morgan fingerprint density at radius 2 is 2.16 bits per heavy atom. The average Bonchev–Trinajstić information content (AvgIpc) is 3.43. The van der Waals surface area contributed by atoms with Crippen molar-refractivity contribution in [3.05, 3.63) is 91.0 Å². The normalized spacial score (nSPS) is 16.5. The lowest BCUT2D eigenvalue weighted by Crippen LogP contribution is -2.25. The number of carbonyl (C=O) groups is 1. The Balaban J connectivity index is 1.50. The zero-order valence-corrected chi connectivity index (χ0v) is 17.8. The van der Waals surface area contributed by atoms with Crippen molar-refractivity contribution in [3.63, 3.8) is 0 Å². The van der Waals surface area contributed by atoms with E-state index >= 15 is 0 Å². The molecule has 1 amide bonds. The molecule has 1 aliphatic rings. The second-order valence-corrected chi connectivity index (χ2v) is 7.51. The molecular weight excluding hydrogens is 400 g/mol. The molecule has 1 unspecified atom stereocenters. The van der Waals surface area contributed by atoms with Crippen LogP contribution in [-0.2, 0) is 4.79 Å². The third-order valence-electron chi connectivity index (χ3n) is 5.32. The third-order valence-corrected chi connectivity index (χ3v) is 5.32. The summed E-state index contributed by atoms with van der Waals surface area (Å²) in [7, 11) is 0. The number of nitrogens with zero attached hydrogens (tertiary/aromatic N) is 3. The summed E-state index contributed by atoms with van der Waals surface area (Å²) >= 11 is 0. The molecule has 7 heteroatoms. The predicted octanol–water partition coefficient (Wildman–Crippen LogP) is 4.51. The molecule has 162 valence electrons. The topological polar surface area (TPSA) is 99.3 Å². The van der Waals surface area contributed by atoms with Gasteiger partial charge in [-0.15, -0.1) is 0 Å². The molecular formula is C25H26N6O. The molecule has 1 aliphatic carbocycles. The second-order valence-electron chi connectivity index (χ2n) is 7.51. The molecule has 1 atom stereocenters. The van der Waals surface area contributed by atoms with Gasteiger partial charge in [0.15, 0.2) is 5.82 Å². The smallest absolute Gasteiger partial charge is 0.247 e. The third kappa shape index (κ3) is 5.00. The summed E-state index contributed by atoms with van der Waals surface area (Å²) in [4.78, 5) is 17.0. The van der Waals surface area contributed by atoms with Crippen molar-refractivity contribution < 1.29 is 4.79 Å². The Morgan fingerprint density at radius 1 is 1.22 bits per heavy atom. The van der Waals surface area contributed by atoms with Crippen molar-refractivity contribution in [3.8, 4) is 11.4 Å². The van der Waals surface area contributed by atoms with E-state index in [1.807, 2.05) is 36.4 Å². The fourth-order valence-corrected chi connectivity index (χ4v) is 3.71. The maximum Gasteiger partial charge on any atom is 0.247 e. The highest BCUT2D eigenvalue weighted by molar-refractivity contribution is 5.94. The van der Waals surface area contributed by atoms with E-state index in [1.165, 1.54) is 6.33 Å². The van der Waals surface area contributed by atoms with Crippen LogP contribution in [0.15, 0.2) is 85.3 Å². The first-order chi connectivity index (χ1) is 15.8. The number of allylic oxidation sites excluding steroid dienone is 7. The molecule has 0 aliphatic heterocycles. The van der Waals surface area contributed by atoms with E-state index in [2.05, 4.69) is 61.6 Å². The summed E-state index contributed by atoms with van der Waals surface area (Å²) in [6.45, 7) is 4.23. The van der Waals surface area contributed by atoms with Crippen LogP contribution in [0.25, 0.3) is 22.3 Å². The Morgan fingerprint density at radius 3 is 3.00 bits per heavy atom. The molecule has 0 spiro atoms. The van der Waals surface area contributed by atoms with Gasteiger partial charge in [-0.2, -0.15) is 10.2 Å². The SMILES string of the molecule is C=C/C=C\C=C/CCNC(=O)C1=CC(c2[nH]nc3ccc(-c4ncn[nH]4)cc23)CC=CC1. The van der Waals surface area contributed by atoms with Gasteiger partial charge in [-0.3, -0.25) is 15.0 Å². The molecule has 0 saturated carbocycles. The lowest BCUT2D eigenvalue weighted by Gasteiger charge is -2.11. The van der Waals surface area contributed by atoms with Crippen LogP contribution in [-0.4, -0.2) is 37.8 Å². The Labute approximate surface area is 186 Å². The van der Waals surface area contributed by atoms with E-state index in [0.717, 1.165) is 40.6 Å². The predicted molar refractivity (Wildman–Crippen MR) is 127 cm³/mol. The molecule has 2 heterocycles. The fraction of sp³-hybridized carbons (Fsp3) is 0.200. The number of amides is 1. The lowest BCUT2D eigenvalue weighted by molar-refractivity contribution is -0.117.